The van der Waals surface area contributed by atoms with Crippen LogP contribution in [0, 0.1) is 6.92 Å². The standard InChI is InChI=1S/C17H20ClNS/c1-12(2)19-11-14-6-9-17(16(18)10-14)20-15-7-4-13(3)5-8-15/h4-10,12,19H,11H2,1-3H3. The third-order valence-corrected chi connectivity index (χ3v) is 4.47. The molecule has 0 aliphatic heterocycles. The van der Waals surface area contributed by atoms with Gasteiger partial charge in [0.2, 0.25) is 0 Å². The summed E-state index contributed by atoms with van der Waals surface area (Å²) in [5.41, 5.74) is 2.49. The lowest BCUT2D eigenvalue weighted by molar-refractivity contribution is 0.589. The second-order valence-corrected chi connectivity index (χ2v) is 6.74. The van der Waals surface area contributed by atoms with Gasteiger partial charge in [0.1, 0.15) is 0 Å². The molecule has 1 N–H and O–H groups in total. The molecule has 0 saturated carbocycles. The molecule has 0 radical (unpaired) electrons. The van der Waals surface area contributed by atoms with E-state index >= 15 is 0 Å². The van der Waals surface area contributed by atoms with Gasteiger partial charge in [-0.05, 0) is 36.8 Å². The number of nitrogens with one attached hydrogen (secondary N) is 1. The van der Waals surface area contributed by atoms with E-state index < -0.39 is 0 Å². The maximum Gasteiger partial charge on any atom is 0.0548 e. The van der Waals surface area contributed by atoms with E-state index in [9.17, 15) is 0 Å². The van der Waals surface area contributed by atoms with Crippen molar-refractivity contribution < 1.29 is 0 Å². The lowest BCUT2D eigenvalue weighted by Gasteiger charge is -2.10. The quantitative estimate of drug-likeness (QED) is 0.804. The van der Waals surface area contributed by atoms with Gasteiger partial charge < -0.3 is 5.32 Å². The molecule has 0 aliphatic carbocycles. The van der Waals surface area contributed by atoms with Crippen molar-refractivity contribution in [1.82, 2.24) is 5.32 Å². The summed E-state index contributed by atoms with van der Waals surface area (Å²) in [7, 11) is 0. The number of halogens is 1. The lowest BCUT2D eigenvalue weighted by atomic mass is 10.2. The van der Waals surface area contributed by atoms with Crippen LogP contribution in [0.15, 0.2) is 52.3 Å². The van der Waals surface area contributed by atoms with Gasteiger partial charge in [-0.3, -0.25) is 0 Å². The summed E-state index contributed by atoms with van der Waals surface area (Å²) < 4.78 is 0. The average Bonchev–Trinajstić information content (AvgIpc) is 2.41. The molecule has 20 heavy (non-hydrogen) atoms. The van der Waals surface area contributed by atoms with Gasteiger partial charge in [0.25, 0.3) is 0 Å². The van der Waals surface area contributed by atoms with Crippen LogP contribution in [0.3, 0.4) is 0 Å². The minimum atomic E-state index is 0.482. The highest BCUT2D eigenvalue weighted by Gasteiger charge is 2.05. The highest BCUT2D eigenvalue weighted by Crippen LogP contribution is 2.33. The Morgan fingerprint density at radius 3 is 2.40 bits per heavy atom. The molecule has 0 aromatic heterocycles. The van der Waals surface area contributed by atoms with Crippen LogP contribution in [0.4, 0.5) is 0 Å². The Balaban J connectivity index is 2.07. The first-order valence-electron chi connectivity index (χ1n) is 6.81. The van der Waals surface area contributed by atoms with Crippen LogP contribution in [-0.2, 0) is 6.54 Å². The summed E-state index contributed by atoms with van der Waals surface area (Å²) in [5, 5.41) is 4.22. The summed E-state index contributed by atoms with van der Waals surface area (Å²) >= 11 is 8.08. The van der Waals surface area contributed by atoms with Crippen LogP contribution in [0.5, 0.6) is 0 Å². The monoisotopic (exact) mass is 305 g/mol. The van der Waals surface area contributed by atoms with Gasteiger partial charge in [-0.2, -0.15) is 0 Å². The topological polar surface area (TPSA) is 12.0 Å². The van der Waals surface area contributed by atoms with E-state index in [4.69, 9.17) is 11.6 Å². The Kier molecular flexibility index (Phi) is 5.53. The Morgan fingerprint density at radius 1 is 1.10 bits per heavy atom. The molecule has 2 aromatic carbocycles. The fraction of sp³-hybridized carbons (Fsp3) is 0.294. The molecule has 1 nitrogen and oxygen atoms in total. The van der Waals surface area contributed by atoms with Gasteiger partial charge >= 0.3 is 0 Å². The zero-order valence-electron chi connectivity index (χ0n) is 12.1. The zero-order chi connectivity index (χ0) is 14.5. The van der Waals surface area contributed by atoms with E-state index in [1.807, 2.05) is 6.07 Å². The summed E-state index contributed by atoms with van der Waals surface area (Å²) in [6.45, 7) is 7.23. The molecule has 0 atom stereocenters. The van der Waals surface area contributed by atoms with Crippen LogP contribution < -0.4 is 5.32 Å². The second-order valence-electron chi connectivity index (χ2n) is 5.22. The lowest BCUT2D eigenvalue weighted by Crippen LogP contribution is -2.21. The third-order valence-electron chi connectivity index (χ3n) is 2.96. The Labute approximate surface area is 130 Å². The van der Waals surface area contributed by atoms with Crippen molar-refractivity contribution >= 4 is 23.4 Å². The van der Waals surface area contributed by atoms with Crippen LogP contribution in [0.2, 0.25) is 5.02 Å². The number of aryl methyl sites for hydroxylation is 1. The minimum Gasteiger partial charge on any atom is -0.310 e. The molecule has 3 heteroatoms. The third kappa shape index (κ3) is 4.55. The van der Waals surface area contributed by atoms with Crippen LogP contribution in [0.1, 0.15) is 25.0 Å². The van der Waals surface area contributed by atoms with Crippen molar-refractivity contribution in [1.29, 1.82) is 0 Å². The summed E-state index contributed by atoms with van der Waals surface area (Å²) in [6.07, 6.45) is 0. The van der Waals surface area contributed by atoms with Crippen molar-refractivity contribution in [2.75, 3.05) is 0 Å². The normalized spacial score (nSPS) is 11.1. The van der Waals surface area contributed by atoms with Crippen LogP contribution in [-0.4, -0.2) is 6.04 Å². The number of benzene rings is 2. The fourth-order valence-corrected chi connectivity index (χ4v) is 2.93. The molecule has 0 amide bonds. The van der Waals surface area contributed by atoms with Crippen molar-refractivity contribution in [3.8, 4) is 0 Å². The van der Waals surface area contributed by atoms with Crippen molar-refractivity contribution in [2.24, 2.45) is 0 Å². The van der Waals surface area contributed by atoms with E-state index in [-0.39, 0.29) is 0 Å². The maximum absolute atomic E-state index is 6.38. The van der Waals surface area contributed by atoms with Gasteiger partial charge in [0.15, 0.2) is 0 Å². The molecule has 0 heterocycles. The largest absolute Gasteiger partial charge is 0.310 e. The van der Waals surface area contributed by atoms with Crippen LogP contribution >= 0.6 is 23.4 Å². The molecule has 0 aliphatic rings. The van der Waals surface area contributed by atoms with Gasteiger partial charge in [-0.1, -0.05) is 61.0 Å². The van der Waals surface area contributed by atoms with E-state index in [2.05, 4.69) is 62.5 Å². The zero-order valence-corrected chi connectivity index (χ0v) is 13.7. The maximum atomic E-state index is 6.38. The number of hydrogen-bond donors (Lipinski definition) is 1. The average molecular weight is 306 g/mol. The first-order valence-corrected chi connectivity index (χ1v) is 8.00. The Morgan fingerprint density at radius 2 is 1.80 bits per heavy atom. The molecule has 2 aromatic rings. The number of rotatable bonds is 5. The van der Waals surface area contributed by atoms with Crippen molar-refractivity contribution in [3.05, 3.63) is 58.6 Å². The summed E-state index contributed by atoms with van der Waals surface area (Å²) in [4.78, 5) is 2.31. The molecule has 0 bridgehead atoms. The van der Waals surface area contributed by atoms with E-state index in [0.29, 0.717) is 6.04 Å². The summed E-state index contributed by atoms with van der Waals surface area (Å²) in [6, 6.07) is 15.3. The summed E-state index contributed by atoms with van der Waals surface area (Å²) in [5.74, 6) is 0. The highest BCUT2D eigenvalue weighted by atomic mass is 35.5. The van der Waals surface area contributed by atoms with Crippen LogP contribution in [0.25, 0.3) is 0 Å². The fourth-order valence-electron chi connectivity index (χ4n) is 1.79. The first kappa shape index (κ1) is 15.4. The Bertz CT molecular complexity index is 564. The number of hydrogen-bond acceptors (Lipinski definition) is 2. The van der Waals surface area contributed by atoms with Crippen molar-refractivity contribution in [3.63, 3.8) is 0 Å². The van der Waals surface area contributed by atoms with E-state index in [1.165, 1.54) is 16.0 Å². The van der Waals surface area contributed by atoms with Gasteiger partial charge in [-0.15, -0.1) is 0 Å². The Hall–Kier alpha value is -0.960. The molecular weight excluding hydrogens is 286 g/mol. The smallest absolute Gasteiger partial charge is 0.0548 e. The second kappa shape index (κ2) is 7.16. The van der Waals surface area contributed by atoms with Gasteiger partial charge in [0.05, 0.1) is 5.02 Å². The minimum absolute atomic E-state index is 0.482. The predicted molar refractivity (Wildman–Crippen MR) is 88.7 cm³/mol. The van der Waals surface area contributed by atoms with E-state index in [0.717, 1.165) is 16.5 Å². The molecule has 2 rings (SSSR count). The molecule has 0 unspecified atom stereocenters. The highest BCUT2D eigenvalue weighted by molar-refractivity contribution is 7.99. The van der Waals surface area contributed by atoms with Gasteiger partial charge in [-0.25, -0.2) is 0 Å². The molecule has 0 saturated heterocycles. The van der Waals surface area contributed by atoms with Gasteiger partial charge in [0, 0.05) is 22.4 Å². The SMILES string of the molecule is Cc1ccc(Sc2ccc(CNC(C)C)cc2Cl)cc1. The molecule has 106 valence electrons. The van der Waals surface area contributed by atoms with E-state index in [1.54, 1.807) is 11.8 Å². The molecule has 0 spiro atoms. The first-order chi connectivity index (χ1) is 9.54. The predicted octanol–water partition coefficient (Wildman–Crippen LogP) is 5.30. The molecular formula is C17H20ClNS. The van der Waals surface area contributed by atoms with Crippen molar-refractivity contribution in [2.45, 2.75) is 43.1 Å². The molecule has 0 fully saturated rings.